The summed E-state index contributed by atoms with van der Waals surface area (Å²) < 4.78 is 5.57. The highest BCUT2D eigenvalue weighted by Gasteiger charge is 2.17. The summed E-state index contributed by atoms with van der Waals surface area (Å²) in [7, 11) is 0. The summed E-state index contributed by atoms with van der Waals surface area (Å²) in [5.74, 6) is 0.893. The molecule has 0 saturated carbocycles. The zero-order chi connectivity index (χ0) is 9.80. The van der Waals surface area contributed by atoms with Crippen LogP contribution in [0.3, 0.4) is 0 Å². The molecule has 1 aromatic carbocycles. The maximum Gasteiger partial charge on any atom is 0.207 e. The minimum absolute atomic E-state index is 0.103. The lowest BCUT2D eigenvalue weighted by atomic mass is 10.0. The summed E-state index contributed by atoms with van der Waals surface area (Å²) in [6.07, 6.45) is 2.67. The molecule has 1 N–H and O–H groups in total. The average molecular weight is 191 g/mol. The Labute approximate surface area is 83.1 Å². The van der Waals surface area contributed by atoms with Crippen LogP contribution in [0.15, 0.2) is 24.3 Å². The molecule has 74 valence electrons. The van der Waals surface area contributed by atoms with Crippen molar-refractivity contribution in [2.24, 2.45) is 0 Å². The van der Waals surface area contributed by atoms with E-state index in [1.165, 1.54) is 0 Å². The van der Waals surface area contributed by atoms with Crippen molar-refractivity contribution in [3.63, 3.8) is 0 Å². The van der Waals surface area contributed by atoms with Crippen molar-refractivity contribution in [1.82, 2.24) is 5.32 Å². The lowest BCUT2D eigenvalue weighted by Gasteiger charge is -2.14. The highest BCUT2D eigenvalue weighted by molar-refractivity contribution is 5.49. The molecule has 3 nitrogen and oxygen atoms in total. The number of nitrogens with one attached hydrogen (secondary N) is 1. The van der Waals surface area contributed by atoms with E-state index in [0.29, 0.717) is 0 Å². The van der Waals surface area contributed by atoms with Crippen LogP contribution < -0.4 is 10.1 Å². The molecule has 1 aliphatic rings. The van der Waals surface area contributed by atoms with Crippen LogP contribution in [0.2, 0.25) is 0 Å². The third-order valence-electron chi connectivity index (χ3n) is 2.46. The Balaban J connectivity index is 2.31. The number of rotatable bonds is 2. The molecule has 0 spiro atoms. The molecule has 0 fully saturated rings. The van der Waals surface area contributed by atoms with Crippen molar-refractivity contribution in [2.75, 3.05) is 6.61 Å². The van der Waals surface area contributed by atoms with Gasteiger partial charge in [0, 0.05) is 5.56 Å². The monoisotopic (exact) mass is 191 g/mol. The van der Waals surface area contributed by atoms with E-state index in [1.54, 1.807) is 0 Å². The average Bonchev–Trinajstić information content (AvgIpc) is 2.42. The lowest BCUT2D eigenvalue weighted by molar-refractivity contribution is -0.110. The van der Waals surface area contributed by atoms with Crippen molar-refractivity contribution in [3.05, 3.63) is 29.8 Å². The Morgan fingerprint density at radius 1 is 1.43 bits per heavy atom. The largest absolute Gasteiger partial charge is 0.493 e. The Morgan fingerprint density at radius 3 is 3.14 bits per heavy atom. The van der Waals surface area contributed by atoms with Gasteiger partial charge >= 0.3 is 0 Å². The van der Waals surface area contributed by atoms with Gasteiger partial charge in [-0.1, -0.05) is 18.2 Å². The Morgan fingerprint density at radius 2 is 2.29 bits per heavy atom. The Bertz CT molecular complexity index is 325. The van der Waals surface area contributed by atoms with E-state index in [2.05, 4.69) is 5.32 Å². The smallest absolute Gasteiger partial charge is 0.207 e. The number of carbonyl (C=O) groups is 1. The van der Waals surface area contributed by atoms with Crippen LogP contribution in [0.1, 0.15) is 24.4 Å². The number of benzene rings is 1. The molecule has 1 aliphatic heterocycles. The quantitative estimate of drug-likeness (QED) is 0.722. The van der Waals surface area contributed by atoms with E-state index < -0.39 is 0 Å². The van der Waals surface area contributed by atoms with Gasteiger partial charge in [0.1, 0.15) is 5.75 Å². The van der Waals surface area contributed by atoms with E-state index in [4.69, 9.17) is 4.74 Å². The minimum atomic E-state index is 0.103. The number of carbonyl (C=O) groups excluding carboxylic acids is 1. The summed E-state index contributed by atoms with van der Waals surface area (Å²) in [5, 5.41) is 2.82. The van der Waals surface area contributed by atoms with Gasteiger partial charge in [-0.05, 0) is 18.9 Å². The zero-order valence-electron chi connectivity index (χ0n) is 7.90. The predicted octanol–water partition coefficient (Wildman–Crippen LogP) is 1.65. The minimum Gasteiger partial charge on any atom is -0.493 e. The van der Waals surface area contributed by atoms with E-state index in [9.17, 15) is 4.79 Å². The molecule has 0 aliphatic carbocycles. The SMILES string of the molecule is O=CNC1CCCOc2ccccc21. The second-order valence-corrected chi connectivity index (χ2v) is 3.37. The zero-order valence-corrected chi connectivity index (χ0v) is 7.90. The van der Waals surface area contributed by atoms with Crippen LogP contribution in [0.25, 0.3) is 0 Å². The van der Waals surface area contributed by atoms with Gasteiger partial charge in [-0.3, -0.25) is 4.79 Å². The summed E-state index contributed by atoms with van der Waals surface area (Å²) in [6, 6.07) is 7.96. The van der Waals surface area contributed by atoms with E-state index in [-0.39, 0.29) is 6.04 Å². The summed E-state index contributed by atoms with van der Waals surface area (Å²) >= 11 is 0. The van der Waals surface area contributed by atoms with Crippen LogP contribution in [-0.4, -0.2) is 13.0 Å². The van der Waals surface area contributed by atoms with E-state index in [0.717, 1.165) is 37.2 Å². The molecule has 0 saturated heterocycles. The first-order valence-corrected chi connectivity index (χ1v) is 4.83. The Kier molecular flexibility index (Phi) is 2.68. The van der Waals surface area contributed by atoms with Gasteiger partial charge in [-0.15, -0.1) is 0 Å². The van der Waals surface area contributed by atoms with Crippen LogP contribution in [0, 0.1) is 0 Å². The number of para-hydroxylation sites is 1. The van der Waals surface area contributed by atoms with Gasteiger partial charge in [0.25, 0.3) is 0 Å². The van der Waals surface area contributed by atoms with Crippen LogP contribution in [-0.2, 0) is 4.79 Å². The lowest BCUT2D eigenvalue weighted by Crippen LogP contribution is -2.18. The molecule has 14 heavy (non-hydrogen) atoms. The van der Waals surface area contributed by atoms with Crippen LogP contribution >= 0.6 is 0 Å². The molecule has 1 atom stereocenters. The third kappa shape index (κ3) is 1.71. The molecule has 1 amide bonds. The number of hydrogen-bond donors (Lipinski definition) is 1. The number of fused-ring (bicyclic) bond motifs is 1. The van der Waals surface area contributed by atoms with Crippen molar-refractivity contribution in [3.8, 4) is 5.75 Å². The van der Waals surface area contributed by atoms with Gasteiger partial charge in [0.05, 0.1) is 12.6 Å². The number of amides is 1. The second-order valence-electron chi connectivity index (χ2n) is 3.37. The van der Waals surface area contributed by atoms with Gasteiger partial charge in [-0.25, -0.2) is 0 Å². The van der Waals surface area contributed by atoms with Gasteiger partial charge in [0.2, 0.25) is 6.41 Å². The topological polar surface area (TPSA) is 38.3 Å². The molecule has 0 radical (unpaired) electrons. The normalized spacial score (nSPS) is 20.1. The molecule has 0 bridgehead atoms. The molecule has 0 aromatic heterocycles. The van der Waals surface area contributed by atoms with Gasteiger partial charge in [-0.2, -0.15) is 0 Å². The van der Waals surface area contributed by atoms with Crippen LogP contribution in [0.5, 0.6) is 5.75 Å². The Hall–Kier alpha value is -1.51. The highest BCUT2D eigenvalue weighted by atomic mass is 16.5. The molecular formula is C11H13NO2. The highest BCUT2D eigenvalue weighted by Crippen LogP contribution is 2.30. The number of hydrogen-bond acceptors (Lipinski definition) is 2. The van der Waals surface area contributed by atoms with Crippen LogP contribution in [0.4, 0.5) is 0 Å². The number of ether oxygens (including phenoxy) is 1. The first kappa shape index (κ1) is 9.06. The predicted molar refractivity (Wildman–Crippen MR) is 53.1 cm³/mol. The van der Waals surface area contributed by atoms with E-state index >= 15 is 0 Å². The fourth-order valence-corrected chi connectivity index (χ4v) is 1.78. The standard InChI is InChI=1S/C11H13NO2/c13-8-12-10-5-3-7-14-11-6-2-1-4-9(10)11/h1-2,4,6,8,10H,3,5,7H2,(H,12,13). The molecule has 1 aromatic rings. The van der Waals surface area contributed by atoms with Gasteiger partial charge < -0.3 is 10.1 Å². The van der Waals surface area contributed by atoms with Crippen molar-refractivity contribution >= 4 is 6.41 Å². The first-order chi connectivity index (χ1) is 6.92. The van der Waals surface area contributed by atoms with Gasteiger partial charge in [0.15, 0.2) is 0 Å². The van der Waals surface area contributed by atoms with Crippen molar-refractivity contribution in [1.29, 1.82) is 0 Å². The summed E-state index contributed by atoms with van der Waals surface area (Å²) in [4.78, 5) is 10.4. The molecule has 2 rings (SSSR count). The van der Waals surface area contributed by atoms with Crippen molar-refractivity contribution in [2.45, 2.75) is 18.9 Å². The summed E-state index contributed by atoms with van der Waals surface area (Å²) in [5.41, 5.74) is 1.08. The van der Waals surface area contributed by atoms with E-state index in [1.807, 2.05) is 24.3 Å². The second kappa shape index (κ2) is 4.13. The molecule has 1 unspecified atom stereocenters. The molecule has 3 heteroatoms. The fraction of sp³-hybridized carbons (Fsp3) is 0.364. The fourth-order valence-electron chi connectivity index (χ4n) is 1.78. The summed E-state index contributed by atoms with van der Waals surface area (Å²) in [6.45, 7) is 0.730. The first-order valence-electron chi connectivity index (χ1n) is 4.83. The van der Waals surface area contributed by atoms with Crippen molar-refractivity contribution < 1.29 is 9.53 Å². The molecular weight excluding hydrogens is 178 g/mol. The molecule has 1 heterocycles. The third-order valence-corrected chi connectivity index (χ3v) is 2.46. The maximum absolute atomic E-state index is 10.4. The maximum atomic E-state index is 10.4.